The quantitative estimate of drug-likeness (QED) is 0.359. The Kier molecular flexibility index (Phi) is 8.27. The monoisotopic (exact) mass is 508 g/mol. The van der Waals surface area contributed by atoms with Crippen LogP contribution in [0.15, 0.2) is 35.5 Å². The molecule has 0 heterocycles. The van der Waals surface area contributed by atoms with Crippen molar-refractivity contribution < 1.29 is 36.6 Å². The number of hydrogen-bond acceptors (Lipinski definition) is 2. The highest BCUT2D eigenvalue weighted by Crippen LogP contribution is 2.60. The van der Waals surface area contributed by atoms with Crippen LogP contribution in [0, 0.1) is 23.2 Å². The number of halogens is 6. The Morgan fingerprint density at radius 3 is 2.31 bits per heavy atom. The van der Waals surface area contributed by atoms with Gasteiger partial charge in [0.15, 0.2) is 0 Å². The molecule has 3 saturated carbocycles. The first-order valence-corrected chi connectivity index (χ1v) is 12.7. The average molecular weight is 509 g/mol. The molecule has 0 saturated heterocycles. The maximum Gasteiger partial charge on any atom is 0.426 e. The van der Waals surface area contributed by atoms with E-state index in [9.17, 15) is 36.6 Å². The van der Waals surface area contributed by atoms with E-state index in [2.05, 4.69) is 25.7 Å². The summed E-state index contributed by atoms with van der Waals surface area (Å²) in [7, 11) is 0. The normalized spacial score (nSPS) is 33.9. The largest absolute Gasteiger partial charge is 0.426 e. The van der Waals surface area contributed by atoms with E-state index in [-0.39, 0.29) is 30.1 Å². The van der Waals surface area contributed by atoms with Gasteiger partial charge in [-0.3, -0.25) is 0 Å². The molecule has 3 aliphatic rings. The Balaban J connectivity index is 1.68. The lowest BCUT2D eigenvalue weighted by atomic mass is 9.60. The Morgan fingerprint density at radius 1 is 1.03 bits per heavy atom. The van der Waals surface area contributed by atoms with Gasteiger partial charge in [-0.05, 0) is 98.5 Å². The minimum atomic E-state index is -5.75. The standard InChI is InChI=1S/C27H38F6O2/c1-17(7-5-16-25(35,26(28,29)30)27(31,32)33)21-13-14-22-20(9-6-15-24(21,22)3)12-11-19-8-4-10-23(34)18(19)2/h11-12,17,21-23,34-35H,2,4-10,13-16H2,1,3H3/t17-,21-,22+,23+,24-/m1/s1. The summed E-state index contributed by atoms with van der Waals surface area (Å²) >= 11 is 0. The van der Waals surface area contributed by atoms with Crippen molar-refractivity contribution in [2.75, 3.05) is 0 Å². The highest BCUT2D eigenvalue weighted by atomic mass is 19.4. The van der Waals surface area contributed by atoms with Gasteiger partial charge < -0.3 is 10.2 Å². The van der Waals surface area contributed by atoms with Crippen LogP contribution in [0.25, 0.3) is 0 Å². The first kappa shape index (κ1) is 28.3. The van der Waals surface area contributed by atoms with Crippen LogP contribution in [0.2, 0.25) is 0 Å². The predicted octanol–water partition coefficient (Wildman–Crippen LogP) is 7.82. The molecule has 0 spiro atoms. The van der Waals surface area contributed by atoms with Gasteiger partial charge in [-0.15, -0.1) is 0 Å². The van der Waals surface area contributed by atoms with Crippen molar-refractivity contribution in [1.82, 2.24) is 0 Å². The number of alkyl halides is 6. The lowest BCUT2D eigenvalue weighted by Crippen LogP contribution is -2.56. The lowest BCUT2D eigenvalue weighted by Gasteiger charge is -2.44. The molecule has 0 radical (unpaired) electrons. The molecule has 2 N–H and O–H groups in total. The lowest BCUT2D eigenvalue weighted by molar-refractivity contribution is -0.370. The maximum absolute atomic E-state index is 13.0. The summed E-state index contributed by atoms with van der Waals surface area (Å²) in [6.45, 7) is 8.17. The van der Waals surface area contributed by atoms with Crippen LogP contribution in [0.1, 0.15) is 84.5 Å². The van der Waals surface area contributed by atoms with Crippen molar-refractivity contribution in [3.05, 3.63) is 35.5 Å². The predicted molar refractivity (Wildman–Crippen MR) is 123 cm³/mol. The summed E-state index contributed by atoms with van der Waals surface area (Å²) in [5.74, 6) is 0.506. The molecule has 0 aromatic carbocycles. The van der Waals surface area contributed by atoms with E-state index in [1.807, 2.05) is 6.92 Å². The minimum absolute atomic E-state index is 0.0401. The van der Waals surface area contributed by atoms with Gasteiger partial charge in [0.2, 0.25) is 0 Å². The number of allylic oxidation sites excluding steroid dienone is 3. The van der Waals surface area contributed by atoms with Gasteiger partial charge in [0, 0.05) is 0 Å². The zero-order chi connectivity index (χ0) is 26.2. The van der Waals surface area contributed by atoms with E-state index in [1.165, 1.54) is 5.57 Å². The second kappa shape index (κ2) is 10.2. The van der Waals surface area contributed by atoms with E-state index < -0.39 is 30.5 Å². The topological polar surface area (TPSA) is 40.5 Å². The van der Waals surface area contributed by atoms with Crippen molar-refractivity contribution in [2.24, 2.45) is 23.2 Å². The zero-order valence-electron chi connectivity index (χ0n) is 20.6. The number of rotatable bonds is 6. The Hall–Kier alpha value is -1.28. The summed E-state index contributed by atoms with van der Waals surface area (Å²) in [5, 5.41) is 19.5. The highest BCUT2D eigenvalue weighted by molar-refractivity contribution is 5.37. The maximum atomic E-state index is 13.0. The first-order valence-electron chi connectivity index (χ1n) is 12.7. The van der Waals surface area contributed by atoms with Crippen LogP contribution in [0.5, 0.6) is 0 Å². The van der Waals surface area contributed by atoms with E-state index in [4.69, 9.17) is 0 Å². The molecular weight excluding hydrogens is 470 g/mol. The van der Waals surface area contributed by atoms with Gasteiger partial charge in [-0.2, -0.15) is 26.3 Å². The Bertz CT molecular complexity index is 826. The van der Waals surface area contributed by atoms with Gasteiger partial charge in [-0.25, -0.2) is 0 Å². The molecule has 0 unspecified atom stereocenters. The molecule has 8 heteroatoms. The highest BCUT2D eigenvalue weighted by Gasteiger charge is 2.69. The van der Waals surface area contributed by atoms with E-state index in [0.717, 1.165) is 62.5 Å². The molecule has 2 nitrogen and oxygen atoms in total. The Morgan fingerprint density at radius 2 is 1.69 bits per heavy atom. The molecule has 0 aromatic heterocycles. The smallest absolute Gasteiger partial charge is 0.388 e. The third kappa shape index (κ3) is 5.53. The first-order chi connectivity index (χ1) is 16.1. The van der Waals surface area contributed by atoms with Crippen molar-refractivity contribution in [1.29, 1.82) is 0 Å². The summed E-state index contributed by atoms with van der Waals surface area (Å²) in [6, 6.07) is 0. The third-order valence-corrected chi connectivity index (χ3v) is 9.10. The minimum Gasteiger partial charge on any atom is -0.388 e. The van der Waals surface area contributed by atoms with Gasteiger partial charge >= 0.3 is 12.4 Å². The van der Waals surface area contributed by atoms with Gasteiger partial charge in [0.25, 0.3) is 5.60 Å². The van der Waals surface area contributed by atoms with E-state index in [0.29, 0.717) is 5.92 Å². The van der Waals surface area contributed by atoms with Crippen molar-refractivity contribution in [2.45, 2.75) is 109 Å². The van der Waals surface area contributed by atoms with Crippen LogP contribution in [0.4, 0.5) is 26.3 Å². The van der Waals surface area contributed by atoms with Gasteiger partial charge in [-0.1, -0.05) is 44.6 Å². The molecule has 35 heavy (non-hydrogen) atoms. The van der Waals surface area contributed by atoms with Gasteiger partial charge in [0.05, 0.1) is 6.10 Å². The molecule has 0 aromatic rings. The van der Waals surface area contributed by atoms with Gasteiger partial charge in [0.1, 0.15) is 0 Å². The SMILES string of the molecule is C=C1C(=CC=C2CCC[C@]3(C)[C@@H]([C@H](C)CCCC(O)(C(F)(F)F)C(F)(F)F)CC[C@@H]23)CCC[C@@H]1O. The third-order valence-electron chi connectivity index (χ3n) is 9.10. The molecule has 3 fully saturated rings. The van der Waals surface area contributed by atoms with Crippen molar-refractivity contribution in [3.8, 4) is 0 Å². The Labute approximate surface area is 204 Å². The van der Waals surface area contributed by atoms with Crippen LogP contribution in [-0.4, -0.2) is 34.3 Å². The van der Waals surface area contributed by atoms with Crippen molar-refractivity contribution >= 4 is 0 Å². The van der Waals surface area contributed by atoms with E-state index >= 15 is 0 Å². The van der Waals surface area contributed by atoms with Crippen LogP contribution < -0.4 is 0 Å². The molecule has 0 aliphatic heterocycles. The summed E-state index contributed by atoms with van der Waals surface area (Å²) in [6.07, 6.45) is -1.89. The van der Waals surface area contributed by atoms with Crippen molar-refractivity contribution in [3.63, 3.8) is 0 Å². The summed E-state index contributed by atoms with van der Waals surface area (Å²) in [4.78, 5) is 0. The van der Waals surface area contributed by atoms with Crippen LogP contribution in [-0.2, 0) is 0 Å². The number of fused-ring (bicyclic) bond motifs is 1. The summed E-state index contributed by atoms with van der Waals surface area (Å²) < 4.78 is 78.0. The molecule has 200 valence electrons. The second-order valence-electron chi connectivity index (χ2n) is 11.2. The fraction of sp³-hybridized carbons (Fsp3) is 0.778. The molecule has 3 aliphatic carbocycles. The van der Waals surface area contributed by atoms with Crippen LogP contribution in [0.3, 0.4) is 0 Å². The number of aliphatic hydroxyl groups is 2. The van der Waals surface area contributed by atoms with Crippen LogP contribution >= 0.6 is 0 Å². The fourth-order valence-electron chi connectivity index (χ4n) is 6.97. The molecular formula is C27H38F6O2. The molecule has 3 rings (SSSR count). The number of aliphatic hydroxyl groups excluding tert-OH is 1. The van der Waals surface area contributed by atoms with E-state index in [1.54, 1.807) is 0 Å². The number of hydrogen-bond donors (Lipinski definition) is 2. The molecule has 0 amide bonds. The fourth-order valence-corrected chi connectivity index (χ4v) is 6.97. The summed E-state index contributed by atoms with van der Waals surface area (Å²) in [5.41, 5.74) is -1.50. The molecule has 5 atom stereocenters. The zero-order valence-corrected chi connectivity index (χ0v) is 20.6. The molecule has 0 bridgehead atoms. The average Bonchev–Trinajstić information content (AvgIpc) is 3.10. The second-order valence-corrected chi connectivity index (χ2v) is 11.2.